The number of rotatable bonds is 5. The minimum atomic E-state index is 0.204. The third kappa shape index (κ3) is 4.66. The van der Waals surface area contributed by atoms with Crippen LogP contribution in [0, 0.1) is 11.3 Å². The highest BCUT2D eigenvalue weighted by atomic mass is 15.0. The summed E-state index contributed by atoms with van der Waals surface area (Å²) in [7, 11) is 0. The van der Waals surface area contributed by atoms with E-state index in [0.717, 1.165) is 87.3 Å². The van der Waals surface area contributed by atoms with Crippen molar-refractivity contribution in [1.82, 2.24) is 15.3 Å². The van der Waals surface area contributed by atoms with Crippen molar-refractivity contribution < 1.29 is 0 Å². The van der Waals surface area contributed by atoms with Crippen LogP contribution in [0.25, 0.3) is 27.7 Å². The molecule has 2 N–H and O–H groups in total. The van der Waals surface area contributed by atoms with E-state index in [1.165, 1.54) is 6.21 Å². The van der Waals surface area contributed by atoms with Crippen LogP contribution in [0.4, 0.5) is 0 Å². The summed E-state index contributed by atoms with van der Waals surface area (Å²) >= 11 is 0. The molecule has 0 fully saturated rings. The second-order valence-corrected chi connectivity index (χ2v) is 10.8. The van der Waals surface area contributed by atoms with E-state index in [1.54, 1.807) is 0 Å². The van der Waals surface area contributed by atoms with E-state index in [9.17, 15) is 0 Å². The molecule has 2 heterocycles. The van der Waals surface area contributed by atoms with E-state index in [-0.39, 0.29) is 11.8 Å². The number of aromatic nitrogens is 2. The Hall–Kier alpha value is -4.83. The highest BCUT2D eigenvalue weighted by Crippen LogP contribution is 2.42. The minimum absolute atomic E-state index is 0.204. The van der Waals surface area contributed by atoms with Crippen LogP contribution in [-0.2, 0) is 0 Å². The Morgan fingerprint density at radius 2 is 1.61 bits per heavy atom. The molecule has 4 heteroatoms. The summed E-state index contributed by atoms with van der Waals surface area (Å²) in [5, 5.41) is 13.4. The van der Waals surface area contributed by atoms with Crippen LogP contribution in [0.5, 0.6) is 0 Å². The lowest BCUT2D eigenvalue weighted by atomic mass is 9.82. The quantitative estimate of drug-likeness (QED) is 0.200. The summed E-state index contributed by atoms with van der Waals surface area (Å²) in [6.45, 7) is 0. The van der Waals surface area contributed by atoms with Crippen molar-refractivity contribution in [2.45, 2.75) is 31.6 Å². The Morgan fingerprint density at radius 3 is 2.39 bits per heavy atom. The van der Waals surface area contributed by atoms with Gasteiger partial charge in [0.2, 0.25) is 0 Å². The standard InChI is InChI=1S/C37H32N4/c38-24-31(25-14-4-1-5-15-25)36-29-21-11-10-20-28(29)33(35(40-36)27-18-8-3-9-19-27)37-39-32-23-13-12-22-30(32)34(41-37)26-16-6-2-7-17-26/h1-2,4-8,10-16,18,20-24,26-27,38,40H,3,9,17,19H2/b36-31+,38-24?. The SMILES string of the molecule is N=C/C(=C1\NC(C2C=CCCC2)=C(c2nc(C3C=CC=CC3)c3ccccc3n2)c2ccccc21)c1ccccc1. The molecule has 1 aliphatic heterocycles. The van der Waals surface area contributed by atoms with E-state index in [0.29, 0.717) is 0 Å². The molecule has 0 saturated heterocycles. The molecule has 3 aliphatic rings. The van der Waals surface area contributed by atoms with E-state index < -0.39 is 0 Å². The molecule has 2 aliphatic carbocycles. The lowest BCUT2D eigenvalue weighted by Crippen LogP contribution is -2.27. The molecule has 0 saturated carbocycles. The van der Waals surface area contributed by atoms with Gasteiger partial charge in [-0.1, -0.05) is 109 Å². The minimum Gasteiger partial charge on any atom is -0.357 e. The van der Waals surface area contributed by atoms with Gasteiger partial charge in [0.15, 0.2) is 5.82 Å². The molecule has 4 aromatic rings. The van der Waals surface area contributed by atoms with Crippen LogP contribution in [0.2, 0.25) is 0 Å². The van der Waals surface area contributed by atoms with E-state index in [4.69, 9.17) is 15.4 Å². The lowest BCUT2D eigenvalue weighted by molar-refractivity contribution is 0.587. The van der Waals surface area contributed by atoms with Gasteiger partial charge in [-0.05, 0) is 42.9 Å². The Balaban J connectivity index is 1.51. The van der Waals surface area contributed by atoms with Gasteiger partial charge in [0.05, 0.1) is 16.9 Å². The Kier molecular flexibility index (Phi) is 6.73. The van der Waals surface area contributed by atoms with Gasteiger partial charge in [-0.2, -0.15) is 0 Å². The Morgan fingerprint density at radius 1 is 0.805 bits per heavy atom. The van der Waals surface area contributed by atoms with Gasteiger partial charge in [-0.15, -0.1) is 0 Å². The molecule has 2 atom stereocenters. The number of hydrogen-bond donors (Lipinski definition) is 2. The fourth-order valence-electron chi connectivity index (χ4n) is 6.31. The number of benzene rings is 3. The molecule has 200 valence electrons. The normalized spacial score (nSPS) is 21.0. The lowest BCUT2D eigenvalue weighted by Gasteiger charge is -2.32. The molecule has 0 amide bonds. The first kappa shape index (κ1) is 25.2. The van der Waals surface area contributed by atoms with Gasteiger partial charge >= 0.3 is 0 Å². The molecular formula is C37H32N4. The van der Waals surface area contributed by atoms with Crippen LogP contribution in [-0.4, -0.2) is 16.2 Å². The van der Waals surface area contributed by atoms with Gasteiger partial charge in [-0.3, -0.25) is 0 Å². The average Bonchev–Trinajstić information content (AvgIpc) is 3.05. The van der Waals surface area contributed by atoms with Gasteiger partial charge in [0.1, 0.15) is 0 Å². The third-order valence-corrected chi connectivity index (χ3v) is 8.31. The molecule has 0 bridgehead atoms. The van der Waals surface area contributed by atoms with Gasteiger partial charge in [0, 0.05) is 45.8 Å². The smallest absolute Gasteiger partial charge is 0.162 e. The Bertz CT molecular complexity index is 1790. The number of nitrogens with one attached hydrogen (secondary N) is 2. The highest BCUT2D eigenvalue weighted by molar-refractivity contribution is 6.19. The van der Waals surface area contributed by atoms with Gasteiger partial charge < -0.3 is 10.7 Å². The van der Waals surface area contributed by atoms with Gasteiger partial charge in [-0.25, -0.2) is 9.97 Å². The molecule has 1 aromatic heterocycles. The van der Waals surface area contributed by atoms with Crippen molar-refractivity contribution in [3.05, 3.63) is 149 Å². The van der Waals surface area contributed by atoms with Crippen molar-refractivity contribution in [2.75, 3.05) is 0 Å². The van der Waals surface area contributed by atoms with Crippen molar-refractivity contribution >= 4 is 34.0 Å². The van der Waals surface area contributed by atoms with Crippen LogP contribution < -0.4 is 5.32 Å². The topological polar surface area (TPSA) is 61.7 Å². The van der Waals surface area contributed by atoms with Crippen LogP contribution >= 0.6 is 0 Å². The fourth-order valence-corrected chi connectivity index (χ4v) is 6.31. The molecule has 0 radical (unpaired) electrons. The molecule has 4 nitrogen and oxygen atoms in total. The van der Waals surface area contributed by atoms with Crippen molar-refractivity contribution in [1.29, 1.82) is 5.41 Å². The maximum absolute atomic E-state index is 8.44. The van der Waals surface area contributed by atoms with E-state index >= 15 is 0 Å². The van der Waals surface area contributed by atoms with Gasteiger partial charge in [0.25, 0.3) is 0 Å². The third-order valence-electron chi connectivity index (χ3n) is 8.31. The molecule has 3 aromatic carbocycles. The Labute approximate surface area is 241 Å². The number of nitrogens with zero attached hydrogens (tertiary/aromatic N) is 2. The van der Waals surface area contributed by atoms with Crippen LogP contribution in [0.15, 0.2) is 121 Å². The molecule has 0 spiro atoms. The maximum Gasteiger partial charge on any atom is 0.162 e. The summed E-state index contributed by atoms with van der Waals surface area (Å²) in [5.74, 6) is 1.17. The predicted octanol–water partition coefficient (Wildman–Crippen LogP) is 8.47. The zero-order valence-corrected chi connectivity index (χ0v) is 22.9. The van der Waals surface area contributed by atoms with Crippen molar-refractivity contribution in [2.24, 2.45) is 5.92 Å². The van der Waals surface area contributed by atoms with Crippen LogP contribution in [0.3, 0.4) is 0 Å². The summed E-state index contributed by atoms with van der Waals surface area (Å²) in [6.07, 6.45) is 19.0. The van der Waals surface area contributed by atoms with E-state index in [1.807, 2.05) is 18.2 Å². The monoisotopic (exact) mass is 532 g/mol. The molecule has 41 heavy (non-hydrogen) atoms. The number of allylic oxidation sites excluding steroid dienone is 7. The van der Waals surface area contributed by atoms with Crippen molar-refractivity contribution in [3.63, 3.8) is 0 Å². The zero-order chi connectivity index (χ0) is 27.6. The first-order valence-corrected chi connectivity index (χ1v) is 14.5. The maximum atomic E-state index is 8.44. The summed E-state index contributed by atoms with van der Waals surface area (Å²) in [6, 6.07) is 27.1. The summed E-state index contributed by atoms with van der Waals surface area (Å²) in [5.41, 5.74) is 9.21. The van der Waals surface area contributed by atoms with E-state index in [2.05, 4.69) is 102 Å². The number of para-hydroxylation sites is 1. The number of hydrogen-bond acceptors (Lipinski definition) is 4. The first-order chi connectivity index (χ1) is 20.3. The first-order valence-electron chi connectivity index (χ1n) is 14.5. The zero-order valence-electron chi connectivity index (χ0n) is 22.9. The average molecular weight is 533 g/mol. The fraction of sp³-hybridized carbons (Fsp3) is 0.162. The molecule has 7 rings (SSSR count). The summed E-state index contributed by atoms with van der Waals surface area (Å²) < 4.78 is 0. The second kappa shape index (κ2) is 11.0. The number of fused-ring (bicyclic) bond motifs is 2. The largest absolute Gasteiger partial charge is 0.357 e. The predicted molar refractivity (Wildman–Crippen MR) is 169 cm³/mol. The highest BCUT2D eigenvalue weighted by Gasteiger charge is 2.31. The van der Waals surface area contributed by atoms with Crippen molar-refractivity contribution in [3.8, 4) is 0 Å². The molecular weight excluding hydrogens is 500 g/mol. The summed E-state index contributed by atoms with van der Waals surface area (Å²) in [4.78, 5) is 10.6. The molecule has 2 unspecified atom stereocenters. The van der Waals surface area contributed by atoms with Crippen LogP contribution in [0.1, 0.15) is 59.8 Å². The second-order valence-electron chi connectivity index (χ2n) is 10.8.